The molecule has 0 heterocycles. The molecule has 6 aromatic rings. The third kappa shape index (κ3) is 5.18. The van der Waals surface area contributed by atoms with Crippen LogP contribution < -0.4 is 0 Å². The van der Waals surface area contributed by atoms with Gasteiger partial charge in [-0.15, -0.1) is 0 Å². The maximum Gasteiger partial charge on any atom is 0.126 e. The Kier molecular flexibility index (Phi) is 8.56. The van der Waals surface area contributed by atoms with E-state index in [4.69, 9.17) is 0 Å². The van der Waals surface area contributed by atoms with Gasteiger partial charge in [-0.3, -0.25) is 0 Å². The molecule has 0 bridgehead atoms. The van der Waals surface area contributed by atoms with Crippen LogP contribution in [0.3, 0.4) is 0 Å². The quantitative estimate of drug-likeness (QED) is 0.162. The lowest BCUT2D eigenvalue weighted by Gasteiger charge is -2.36. The average molecular weight is 603 g/mol. The van der Waals surface area contributed by atoms with Gasteiger partial charge in [0.15, 0.2) is 0 Å². The fourth-order valence-corrected chi connectivity index (χ4v) is 7.29. The Labute approximate surface area is 273 Å². The molecule has 230 valence electrons. The van der Waals surface area contributed by atoms with Crippen LogP contribution in [-0.2, 0) is 17.3 Å². The van der Waals surface area contributed by atoms with Crippen molar-refractivity contribution < 1.29 is 10.2 Å². The first-order valence-electron chi connectivity index (χ1n) is 16.3. The Hall–Kier alpha value is -5.08. The summed E-state index contributed by atoms with van der Waals surface area (Å²) in [7, 11) is 0. The Balaban J connectivity index is 1.65. The first-order valence-corrected chi connectivity index (χ1v) is 16.3. The first kappa shape index (κ1) is 30.9. The largest absolute Gasteiger partial charge is 0.507 e. The number of aryl methyl sites for hydroxylation is 2. The minimum absolute atomic E-state index is 0.184. The third-order valence-corrected chi connectivity index (χ3v) is 10.00. The summed E-state index contributed by atoms with van der Waals surface area (Å²) in [4.78, 5) is 0. The van der Waals surface area contributed by atoms with Crippen LogP contribution in [0.2, 0.25) is 0 Å². The third-order valence-electron chi connectivity index (χ3n) is 10.00. The number of benzene rings is 6. The molecule has 0 saturated carbocycles. The first-order chi connectivity index (χ1) is 22.3. The van der Waals surface area contributed by atoms with E-state index in [-0.39, 0.29) is 11.5 Å². The van der Waals surface area contributed by atoms with Gasteiger partial charge in [-0.25, -0.2) is 0 Å². The van der Waals surface area contributed by atoms with Gasteiger partial charge in [-0.1, -0.05) is 147 Å². The van der Waals surface area contributed by atoms with Gasteiger partial charge < -0.3 is 10.2 Å². The molecule has 0 fully saturated rings. The lowest BCUT2D eigenvalue weighted by atomic mass is 9.66. The smallest absolute Gasteiger partial charge is 0.126 e. The lowest BCUT2D eigenvalue weighted by molar-refractivity contribution is 0.462. The molecule has 0 aliphatic heterocycles. The zero-order valence-electron chi connectivity index (χ0n) is 27.2. The van der Waals surface area contributed by atoms with Gasteiger partial charge in [-0.2, -0.15) is 0 Å². The van der Waals surface area contributed by atoms with Crippen LogP contribution in [0, 0.1) is 6.92 Å². The van der Waals surface area contributed by atoms with Crippen LogP contribution in [0.4, 0.5) is 0 Å². The van der Waals surface area contributed by atoms with Crippen molar-refractivity contribution in [2.45, 2.75) is 51.4 Å². The standard InChI is InChI=1S/C44H42O2/c1-5-32-28-38(44(6-2,35-23-15-9-16-24-35)36-25-17-10-18-26-36)30-40(42(32)46)39-29-37(27-31(3)41(39)45)43(4,33-19-11-7-12-20-33)34-21-13-8-14-22-34/h7-30,45-46H,5-6H2,1-4H3. The summed E-state index contributed by atoms with van der Waals surface area (Å²) in [5, 5.41) is 23.6. The van der Waals surface area contributed by atoms with E-state index >= 15 is 0 Å². The second-order valence-electron chi connectivity index (χ2n) is 12.4. The molecule has 6 aromatic carbocycles. The molecule has 0 saturated heterocycles. The maximum atomic E-state index is 11.9. The second kappa shape index (κ2) is 12.7. The minimum Gasteiger partial charge on any atom is -0.507 e. The molecule has 0 amide bonds. The van der Waals surface area contributed by atoms with Crippen LogP contribution in [-0.4, -0.2) is 10.2 Å². The number of hydrogen-bond donors (Lipinski definition) is 2. The normalized spacial score (nSPS) is 11.8. The summed E-state index contributed by atoms with van der Waals surface area (Å²) < 4.78 is 0. The maximum absolute atomic E-state index is 11.9. The molecule has 0 atom stereocenters. The van der Waals surface area contributed by atoms with Crippen molar-refractivity contribution in [3.05, 3.63) is 190 Å². The number of hydrogen-bond acceptors (Lipinski definition) is 2. The number of aromatic hydroxyl groups is 2. The molecule has 0 aliphatic carbocycles. The topological polar surface area (TPSA) is 40.5 Å². The highest BCUT2D eigenvalue weighted by atomic mass is 16.3. The number of phenols is 2. The molecule has 2 N–H and O–H groups in total. The fraction of sp³-hybridized carbons (Fsp3) is 0.182. The van der Waals surface area contributed by atoms with Crippen LogP contribution in [0.5, 0.6) is 11.5 Å². The van der Waals surface area contributed by atoms with E-state index in [0.29, 0.717) is 17.5 Å². The minimum atomic E-state index is -0.502. The lowest BCUT2D eigenvalue weighted by Crippen LogP contribution is -2.29. The van der Waals surface area contributed by atoms with Gasteiger partial charge in [-0.05, 0) is 83.3 Å². The van der Waals surface area contributed by atoms with Gasteiger partial charge >= 0.3 is 0 Å². The zero-order chi connectivity index (χ0) is 32.3. The summed E-state index contributed by atoms with van der Waals surface area (Å²) in [5.74, 6) is 0.397. The molecule has 0 aromatic heterocycles. The Morgan fingerprint density at radius 3 is 1.33 bits per heavy atom. The summed E-state index contributed by atoms with van der Waals surface area (Å²) in [6.45, 7) is 8.49. The second-order valence-corrected chi connectivity index (χ2v) is 12.4. The average Bonchev–Trinajstić information content (AvgIpc) is 3.12. The highest BCUT2D eigenvalue weighted by molar-refractivity contribution is 5.80. The van der Waals surface area contributed by atoms with Crippen LogP contribution >= 0.6 is 0 Å². The number of phenolic OH excluding ortho intramolecular Hbond substituents is 2. The number of rotatable bonds is 9. The van der Waals surface area contributed by atoms with E-state index in [1.54, 1.807) is 0 Å². The summed E-state index contributed by atoms with van der Waals surface area (Å²) in [5.41, 5.74) is 8.77. The van der Waals surface area contributed by atoms with Gasteiger partial charge in [0.25, 0.3) is 0 Å². The molecular weight excluding hydrogens is 560 g/mol. The van der Waals surface area contributed by atoms with Crippen molar-refractivity contribution in [1.29, 1.82) is 0 Å². The highest BCUT2D eigenvalue weighted by Crippen LogP contribution is 2.49. The summed E-state index contributed by atoms with van der Waals surface area (Å²) in [6.07, 6.45) is 1.47. The van der Waals surface area contributed by atoms with E-state index in [1.807, 2.05) is 19.1 Å². The Morgan fingerprint density at radius 2 is 0.891 bits per heavy atom. The van der Waals surface area contributed by atoms with Gasteiger partial charge in [0.2, 0.25) is 0 Å². The Bertz CT molecular complexity index is 1850. The van der Waals surface area contributed by atoms with E-state index in [0.717, 1.165) is 39.8 Å². The van der Waals surface area contributed by atoms with Crippen LogP contribution in [0.15, 0.2) is 146 Å². The van der Waals surface area contributed by atoms with Gasteiger partial charge in [0.05, 0.1) is 0 Å². The van der Waals surface area contributed by atoms with E-state index < -0.39 is 10.8 Å². The van der Waals surface area contributed by atoms with Gasteiger partial charge in [0.1, 0.15) is 11.5 Å². The fourth-order valence-electron chi connectivity index (χ4n) is 7.29. The monoisotopic (exact) mass is 602 g/mol. The molecule has 0 spiro atoms. The van der Waals surface area contributed by atoms with E-state index in [1.165, 1.54) is 11.1 Å². The van der Waals surface area contributed by atoms with Crippen molar-refractivity contribution in [1.82, 2.24) is 0 Å². The summed E-state index contributed by atoms with van der Waals surface area (Å²) in [6, 6.07) is 50.7. The van der Waals surface area contributed by atoms with Crippen LogP contribution in [0.1, 0.15) is 71.7 Å². The molecule has 0 aliphatic rings. The van der Waals surface area contributed by atoms with E-state index in [9.17, 15) is 10.2 Å². The zero-order valence-corrected chi connectivity index (χ0v) is 27.2. The predicted molar refractivity (Wildman–Crippen MR) is 191 cm³/mol. The van der Waals surface area contributed by atoms with E-state index in [2.05, 4.69) is 154 Å². The van der Waals surface area contributed by atoms with Crippen molar-refractivity contribution in [3.8, 4) is 22.6 Å². The molecule has 2 heteroatoms. The van der Waals surface area contributed by atoms with Crippen LogP contribution in [0.25, 0.3) is 11.1 Å². The Morgan fingerprint density at radius 1 is 0.478 bits per heavy atom. The predicted octanol–water partition coefficient (Wildman–Crippen LogP) is 10.7. The van der Waals surface area contributed by atoms with Crippen molar-refractivity contribution in [2.24, 2.45) is 0 Å². The molecule has 0 unspecified atom stereocenters. The molecule has 2 nitrogen and oxygen atoms in total. The summed E-state index contributed by atoms with van der Waals surface area (Å²) >= 11 is 0. The molecule has 0 radical (unpaired) electrons. The molecule has 6 rings (SSSR count). The SMILES string of the molecule is CCc1cc(C(CC)(c2ccccc2)c2ccccc2)cc(-c2cc(C(C)(c3ccccc3)c3ccccc3)cc(C)c2O)c1O. The van der Waals surface area contributed by atoms with Crippen molar-refractivity contribution in [2.75, 3.05) is 0 Å². The van der Waals surface area contributed by atoms with Crippen molar-refractivity contribution in [3.63, 3.8) is 0 Å². The molecule has 46 heavy (non-hydrogen) atoms. The highest BCUT2D eigenvalue weighted by Gasteiger charge is 2.37. The van der Waals surface area contributed by atoms with Crippen molar-refractivity contribution >= 4 is 0 Å². The van der Waals surface area contributed by atoms with Gasteiger partial charge in [0, 0.05) is 22.0 Å². The molecular formula is C44H42O2.